The predicted molar refractivity (Wildman–Crippen MR) is 213 cm³/mol. The summed E-state index contributed by atoms with van der Waals surface area (Å²) < 4.78 is 1.42. The summed E-state index contributed by atoms with van der Waals surface area (Å²) in [6, 6.07) is 36.2. The molecule has 4 aromatic rings. The van der Waals surface area contributed by atoms with Crippen molar-refractivity contribution >= 4 is 3.21 Å². The Morgan fingerprint density at radius 1 is 0.660 bits per heavy atom. The summed E-state index contributed by atoms with van der Waals surface area (Å²) in [5.74, 6) is 5.77. The maximum absolute atomic E-state index is 3.53. The summed E-state index contributed by atoms with van der Waals surface area (Å²) in [7, 11) is 0. The summed E-state index contributed by atoms with van der Waals surface area (Å²) in [4.78, 5) is 0. The molecule has 0 N–H and O–H groups in total. The van der Waals surface area contributed by atoms with E-state index >= 15 is 0 Å². The second-order valence-corrected chi connectivity index (χ2v) is 19.4. The SMILES string of the molecule is CC(C)(C)c1c[c-]c2c(c1)-c1cc(C(C)(C)C)ccc1C2.CC1[C-]=CC(C2C3CC4CC(C3)CC2C4)=C1.[Cl-].[Cl-].[Zr+2]=[C](c1ccccc1)c1ccccc1. The first-order valence-electron chi connectivity index (χ1n) is 19.5. The van der Waals surface area contributed by atoms with Gasteiger partial charge in [-0.1, -0.05) is 95.0 Å². The van der Waals surface area contributed by atoms with E-state index in [9.17, 15) is 0 Å². The van der Waals surface area contributed by atoms with Crippen LogP contribution < -0.4 is 24.8 Å². The average Bonchev–Trinajstić information content (AvgIpc) is 3.70. The van der Waals surface area contributed by atoms with E-state index in [-0.39, 0.29) is 35.6 Å². The van der Waals surface area contributed by atoms with Crippen LogP contribution in [-0.4, -0.2) is 3.21 Å². The molecule has 4 saturated carbocycles. The molecule has 0 aromatic heterocycles. The molecule has 6 aliphatic rings. The Bertz CT molecular complexity index is 1790. The third-order valence-corrected chi connectivity index (χ3v) is 13.6. The van der Waals surface area contributed by atoms with Gasteiger partial charge in [0.2, 0.25) is 0 Å². The van der Waals surface area contributed by atoms with Gasteiger partial charge in [0.05, 0.1) is 0 Å². The number of hydrogen-bond acceptors (Lipinski definition) is 0. The molecule has 53 heavy (non-hydrogen) atoms. The fourth-order valence-corrected chi connectivity index (χ4v) is 10.5. The molecule has 6 aliphatic carbocycles. The van der Waals surface area contributed by atoms with Gasteiger partial charge in [0.15, 0.2) is 0 Å². The molecule has 276 valence electrons. The van der Waals surface area contributed by atoms with Crippen molar-refractivity contribution < 1.29 is 49.0 Å². The summed E-state index contributed by atoms with van der Waals surface area (Å²) in [6.07, 6.45) is 17.0. The topological polar surface area (TPSA) is 0 Å². The van der Waals surface area contributed by atoms with Gasteiger partial charge >= 0.3 is 99.2 Å². The van der Waals surface area contributed by atoms with Crippen molar-refractivity contribution in [1.82, 2.24) is 0 Å². The molecule has 0 spiro atoms. The van der Waals surface area contributed by atoms with Crippen LogP contribution in [0.1, 0.15) is 114 Å². The standard InChI is InChI=1S/C21H25.C16H21.C13H10.2ClH.Zr/c1-20(2,3)16-9-7-14-11-15-8-10-17(21(4,5)6)13-19(15)18(14)12-16;1-10-2-3-13(4-10)16-14-6-11-5-12(8-14)9-15(16)7-11;1-3-7-12(8-4-1)11-13-9-5-2-6-10-13;;;/h7,9-10,12-13H,11H2,1-6H3;3-4,10-12,14-16H,5-9H2,1H3;1-10H;2*1H;/q2*-1;;;;+2/p-2. The molecule has 0 saturated heterocycles. The number of rotatable bonds is 3. The van der Waals surface area contributed by atoms with Gasteiger partial charge in [-0.15, -0.1) is 5.56 Å². The second-order valence-electron chi connectivity index (χ2n) is 18.2. The van der Waals surface area contributed by atoms with Gasteiger partial charge in [0.25, 0.3) is 0 Å². The molecule has 4 fully saturated rings. The fraction of sp³-hybridized carbons (Fsp3) is 0.420. The number of benzene rings is 4. The molecule has 0 amide bonds. The summed E-state index contributed by atoms with van der Waals surface area (Å²) >= 11 is 1.46. The molecule has 0 radical (unpaired) electrons. The zero-order valence-corrected chi connectivity index (χ0v) is 36.7. The maximum atomic E-state index is 3.53. The van der Waals surface area contributed by atoms with Gasteiger partial charge in [-0.05, 0) is 73.2 Å². The molecule has 0 heterocycles. The van der Waals surface area contributed by atoms with Gasteiger partial charge in [-0.2, -0.15) is 41.0 Å². The number of allylic oxidation sites excluding steroid dienone is 4. The van der Waals surface area contributed by atoms with Gasteiger partial charge in [-0.25, -0.2) is 6.08 Å². The Labute approximate surface area is 348 Å². The zero-order valence-electron chi connectivity index (χ0n) is 32.8. The summed E-state index contributed by atoms with van der Waals surface area (Å²) in [5.41, 5.74) is 13.1. The number of hydrogen-bond donors (Lipinski definition) is 0. The van der Waals surface area contributed by atoms with Crippen LogP contribution in [0, 0.1) is 47.6 Å². The average molecular weight is 819 g/mol. The Hall–Kier alpha value is -2.31. The van der Waals surface area contributed by atoms with Crippen molar-refractivity contribution in [2.24, 2.45) is 35.5 Å². The number of halogens is 2. The molecule has 0 aliphatic heterocycles. The van der Waals surface area contributed by atoms with Crippen LogP contribution in [0.25, 0.3) is 11.1 Å². The first-order chi connectivity index (χ1) is 24.3. The Balaban J connectivity index is 0.000000154. The van der Waals surface area contributed by atoms with Crippen LogP contribution >= 0.6 is 0 Å². The van der Waals surface area contributed by atoms with E-state index < -0.39 is 0 Å². The second kappa shape index (κ2) is 17.2. The van der Waals surface area contributed by atoms with E-state index in [0.29, 0.717) is 5.92 Å². The Morgan fingerprint density at radius 3 is 1.68 bits per heavy atom. The first-order valence-corrected chi connectivity index (χ1v) is 20.8. The van der Waals surface area contributed by atoms with Crippen molar-refractivity contribution in [2.45, 2.75) is 97.8 Å². The summed E-state index contributed by atoms with van der Waals surface area (Å²) in [5, 5.41) is 0. The molecule has 4 bridgehead atoms. The molecule has 3 heteroatoms. The molecule has 0 nitrogen and oxygen atoms in total. The Kier molecular flexibility index (Phi) is 13.6. The van der Waals surface area contributed by atoms with Gasteiger partial charge in [0, 0.05) is 0 Å². The molecule has 1 unspecified atom stereocenters. The van der Waals surface area contributed by atoms with E-state index in [1.165, 1.54) is 97.6 Å². The molecular formula is C50H56Cl2Zr-2. The van der Waals surface area contributed by atoms with E-state index in [0.717, 1.165) is 36.0 Å². The number of fused-ring (bicyclic) bond motifs is 3. The van der Waals surface area contributed by atoms with Crippen LogP contribution in [0.15, 0.2) is 109 Å². The van der Waals surface area contributed by atoms with Crippen molar-refractivity contribution in [1.29, 1.82) is 0 Å². The fourth-order valence-electron chi connectivity index (χ4n) is 9.65. The Morgan fingerprint density at radius 2 is 1.19 bits per heavy atom. The van der Waals surface area contributed by atoms with E-state index in [2.05, 4.69) is 164 Å². The minimum atomic E-state index is 0. The van der Waals surface area contributed by atoms with Crippen molar-refractivity contribution in [2.75, 3.05) is 0 Å². The summed E-state index contributed by atoms with van der Waals surface area (Å²) in [6.45, 7) is 15.9. The monoisotopic (exact) mass is 816 g/mol. The van der Waals surface area contributed by atoms with Gasteiger partial charge < -0.3 is 24.8 Å². The van der Waals surface area contributed by atoms with Crippen LogP contribution in [-0.2, 0) is 41.5 Å². The first kappa shape index (κ1) is 41.8. The predicted octanol–water partition coefficient (Wildman–Crippen LogP) is 6.46. The van der Waals surface area contributed by atoms with E-state index in [1.54, 1.807) is 12.0 Å². The van der Waals surface area contributed by atoms with Gasteiger partial charge in [0.1, 0.15) is 0 Å². The van der Waals surface area contributed by atoms with Crippen LogP contribution in [0.5, 0.6) is 0 Å². The van der Waals surface area contributed by atoms with Crippen molar-refractivity contribution in [3.05, 3.63) is 154 Å². The van der Waals surface area contributed by atoms with Crippen molar-refractivity contribution in [3.63, 3.8) is 0 Å². The third kappa shape index (κ3) is 9.57. The minimum absolute atomic E-state index is 0. The van der Waals surface area contributed by atoms with Crippen LogP contribution in [0.3, 0.4) is 0 Å². The molecular weight excluding hydrogens is 763 g/mol. The normalized spacial score (nSPS) is 24.3. The third-order valence-electron chi connectivity index (χ3n) is 12.2. The van der Waals surface area contributed by atoms with Crippen LogP contribution in [0.4, 0.5) is 0 Å². The van der Waals surface area contributed by atoms with E-state index in [1.807, 2.05) is 0 Å². The van der Waals surface area contributed by atoms with Gasteiger partial charge in [-0.3, -0.25) is 6.08 Å². The molecule has 10 rings (SSSR count). The van der Waals surface area contributed by atoms with E-state index in [4.69, 9.17) is 0 Å². The van der Waals surface area contributed by atoms with Crippen LogP contribution in [0.2, 0.25) is 0 Å². The molecule has 4 aromatic carbocycles. The zero-order chi connectivity index (χ0) is 35.9. The van der Waals surface area contributed by atoms with Crippen molar-refractivity contribution in [3.8, 4) is 11.1 Å². The molecule has 1 atom stereocenters. The quantitative estimate of drug-likeness (QED) is 0.184.